The van der Waals surface area contributed by atoms with Crippen LogP contribution < -0.4 is 9.47 Å². The predicted octanol–water partition coefficient (Wildman–Crippen LogP) is 4.88. The predicted molar refractivity (Wildman–Crippen MR) is 140 cm³/mol. The molecule has 9 nitrogen and oxygen atoms in total. The number of ether oxygens (including phenoxy) is 4. The number of carbonyl (C=O) groups is 3. The molecule has 2 aromatic rings. The van der Waals surface area contributed by atoms with Crippen LogP contribution in [0.2, 0.25) is 0 Å². The molecule has 0 atom stereocenters. The summed E-state index contributed by atoms with van der Waals surface area (Å²) in [6.45, 7) is 7.07. The number of allylic oxidation sites excluding steroid dienone is 2. The van der Waals surface area contributed by atoms with Crippen molar-refractivity contribution in [2.24, 2.45) is 0 Å². The SMILES string of the molecule is C=CCOC(=O)OCC=C.COc1cc(C=CC(=O)CC(=O)C=Cc2ccc(O)c(OC)c2)ccc1O. The van der Waals surface area contributed by atoms with Crippen molar-refractivity contribution in [2.45, 2.75) is 6.42 Å². The number of benzene rings is 2. The van der Waals surface area contributed by atoms with Crippen molar-refractivity contribution < 1.29 is 43.5 Å². The van der Waals surface area contributed by atoms with E-state index in [4.69, 9.17) is 9.47 Å². The first-order valence-electron chi connectivity index (χ1n) is 10.9. The number of methoxy groups -OCH3 is 2. The van der Waals surface area contributed by atoms with Crippen LogP contribution in [0.3, 0.4) is 0 Å². The molecule has 0 unspecified atom stereocenters. The van der Waals surface area contributed by atoms with Gasteiger partial charge in [0.25, 0.3) is 0 Å². The number of carbonyl (C=O) groups excluding carboxylic acids is 3. The molecule has 0 saturated heterocycles. The van der Waals surface area contributed by atoms with E-state index in [1.165, 1.54) is 50.7 Å². The monoisotopic (exact) mass is 510 g/mol. The number of rotatable bonds is 12. The average molecular weight is 511 g/mol. The standard InChI is InChI=1S/C21H20O6.C7H10O3/c1-26-20-11-14(5-9-18(20)24)3-7-16(22)13-17(23)8-4-15-6-10-19(25)21(12-15)27-2;1-3-5-9-7(8)10-6-4-2/h3-12,24-25H,13H2,1-2H3;3-4H,1-2,5-6H2. The van der Waals surface area contributed by atoms with Crippen LogP contribution in [0.4, 0.5) is 4.79 Å². The lowest BCUT2D eigenvalue weighted by Gasteiger charge is -2.03. The van der Waals surface area contributed by atoms with Crippen LogP contribution in [-0.4, -0.2) is 55.4 Å². The second kappa shape index (κ2) is 16.8. The smallest absolute Gasteiger partial charge is 0.504 e. The largest absolute Gasteiger partial charge is 0.508 e. The lowest BCUT2D eigenvalue weighted by Crippen LogP contribution is -2.06. The fraction of sp³-hybridized carbons (Fsp3) is 0.179. The van der Waals surface area contributed by atoms with Gasteiger partial charge in [-0.3, -0.25) is 9.59 Å². The van der Waals surface area contributed by atoms with Crippen molar-refractivity contribution in [2.75, 3.05) is 27.4 Å². The van der Waals surface area contributed by atoms with Crippen molar-refractivity contribution in [3.8, 4) is 23.0 Å². The number of hydrogen-bond acceptors (Lipinski definition) is 9. The molecule has 2 aromatic carbocycles. The number of aromatic hydroxyl groups is 2. The third-order valence-electron chi connectivity index (χ3n) is 4.32. The van der Waals surface area contributed by atoms with E-state index in [-0.39, 0.29) is 42.7 Å². The fourth-order valence-electron chi connectivity index (χ4n) is 2.56. The van der Waals surface area contributed by atoms with E-state index in [0.717, 1.165) is 0 Å². The maximum Gasteiger partial charge on any atom is 0.508 e. The van der Waals surface area contributed by atoms with Crippen molar-refractivity contribution in [1.29, 1.82) is 0 Å². The molecule has 0 aliphatic carbocycles. The highest BCUT2D eigenvalue weighted by molar-refractivity contribution is 6.10. The van der Waals surface area contributed by atoms with Gasteiger partial charge in [-0.15, -0.1) is 0 Å². The summed E-state index contributed by atoms with van der Waals surface area (Å²) in [6, 6.07) is 9.34. The summed E-state index contributed by atoms with van der Waals surface area (Å²) in [6.07, 6.45) is 7.68. The summed E-state index contributed by atoms with van der Waals surface area (Å²) in [5, 5.41) is 19.1. The molecule has 0 radical (unpaired) electrons. The van der Waals surface area contributed by atoms with E-state index in [1.54, 1.807) is 36.4 Å². The van der Waals surface area contributed by atoms with E-state index < -0.39 is 6.16 Å². The lowest BCUT2D eigenvalue weighted by atomic mass is 10.1. The molecule has 0 saturated carbocycles. The summed E-state index contributed by atoms with van der Waals surface area (Å²) < 4.78 is 18.9. The maximum atomic E-state index is 11.9. The summed E-state index contributed by atoms with van der Waals surface area (Å²) in [5.41, 5.74) is 1.33. The molecule has 196 valence electrons. The molecule has 0 amide bonds. The molecule has 2 N–H and O–H groups in total. The summed E-state index contributed by atoms with van der Waals surface area (Å²) >= 11 is 0. The minimum atomic E-state index is -0.695. The van der Waals surface area contributed by atoms with Crippen LogP contribution in [0.1, 0.15) is 17.5 Å². The highest BCUT2D eigenvalue weighted by Gasteiger charge is 2.06. The zero-order chi connectivity index (χ0) is 27.6. The molecule has 0 aliphatic heterocycles. The molecule has 0 spiro atoms. The van der Waals surface area contributed by atoms with Crippen LogP contribution >= 0.6 is 0 Å². The number of phenols is 2. The second-order valence-electron chi connectivity index (χ2n) is 7.09. The van der Waals surface area contributed by atoms with Crippen molar-refractivity contribution in [1.82, 2.24) is 0 Å². The Kier molecular flexibility index (Phi) is 13.7. The average Bonchev–Trinajstić information content (AvgIpc) is 2.90. The topological polar surface area (TPSA) is 129 Å². The van der Waals surface area contributed by atoms with Gasteiger partial charge in [0.15, 0.2) is 34.6 Å². The zero-order valence-electron chi connectivity index (χ0n) is 20.7. The van der Waals surface area contributed by atoms with Gasteiger partial charge in [0.1, 0.15) is 13.2 Å². The van der Waals surface area contributed by atoms with Gasteiger partial charge in [-0.1, -0.05) is 49.6 Å². The van der Waals surface area contributed by atoms with Gasteiger partial charge in [0, 0.05) is 0 Å². The molecule has 0 bridgehead atoms. The number of hydrogen-bond donors (Lipinski definition) is 2. The third kappa shape index (κ3) is 11.9. The molecular formula is C28H30O9. The normalized spacial score (nSPS) is 10.2. The van der Waals surface area contributed by atoms with Crippen LogP contribution in [0.5, 0.6) is 23.0 Å². The molecule has 0 aliphatic rings. The first-order chi connectivity index (χ1) is 17.7. The van der Waals surface area contributed by atoms with Gasteiger partial charge in [0.2, 0.25) is 0 Å². The Hall–Kier alpha value is -4.79. The Labute approximate surface area is 215 Å². The van der Waals surface area contributed by atoms with Crippen LogP contribution in [-0.2, 0) is 19.1 Å². The molecule has 0 aromatic heterocycles. The van der Waals surface area contributed by atoms with Crippen molar-refractivity contribution in [3.05, 3.63) is 85.0 Å². The van der Waals surface area contributed by atoms with E-state index in [1.807, 2.05) is 0 Å². The zero-order valence-corrected chi connectivity index (χ0v) is 20.7. The van der Waals surface area contributed by atoms with Crippen LogP contribution in [0.15, 0.2) is 73.9 Å². The maximum absolute atomic E-state index is 11.9. The summed E-state index contributed by atoms with van der Waals surface area (Å²) in [7, 11) is 2.87. The molecule has 0 fully saturated rings. The van der Waals surface area contributed by atoms with E-state index >= 15 is 0 Å². The Balaban J connectivity index is 0.000000580. The molecule has 9 heteroatoms. The highest BCUT2D eigenvalue weighted by atomic mass is 16.7. The van der Waals surface area contributed by atoms with Crippen LogP contribution in [0.25, 0.3) is 12.2 Å². The first-order valence-corrected chi connectivity index (χ1v) is 10.9. The molecular weight excluding hydrogens is 480 g/mol. The molecule has 37 heavy (non-hydrogen) atoms. The van der Waals surface area contributed by atoms with Gasteiger partial charge < -0.3 is 29.2 Å². The molecule has 2 rings (SSSR count). The summed E-state index contributed by atoms with van der Waals surface area (Å²) in [4.78, 5) is 34.3. The minimum absolute atomic E-state index is 0.00662. The number of ketones is 2. The lowest BCUT2D eigenvalue weighted by molar-refractivity contribution is -0.121. The van der Waals surface area contributed by atoms with Crippen molar-refractivity contribution >= 4 is 29.9 Å². The fourth-order valence-corrected chi connectivity index (χ4v) is 2.56. The minimum Gasteiger partial charge on any atom is -0.504 e. The quantitative estimate of drug-likeness (QED) is 0.178. The summed E-state index contributed by atoms with van der Waals surface area (Å²) in [5.74, 6) is -0.0832. The highest BCUT2D eigenvalue weighted by Crippen LogP contribution is 2.27. The first kappa shape index (κ1) is 30.2. The molecule has 0 heterocycles. The van der Waals surface area contributed by atoms with E-state index in [0.29, 0.717) is 22.6 Å². The number of phenolic OH excluding ortho intramolecular Hbond substituents is 2. The van der Waals surface area contributed by atoms with Crippen molar-refractivity contribution in [3.63, 3.8) is 0 Å². The van der Waals surface area contributed by atoms with E-state index in [2.05, 4.69) is 22.6 Å². The van der Waals surface area contributed by atoms with Crippen LogP contribution in [0, 0.1) is 0 Å². The van der Waals surface area contributed by atoms with Gasteiger partial charge in [0.05, 0.1) is 20.6 Å². The second-order valence-corrected chi connectivity index (χ2v) is 7.09. The Bertz CT molecular complexity index is 1060. The van der Waals surface area contributed by atoms with Gasteiger partial charge >= 0.3 is 6.16 Å². The Morgan fingerprint density at radius 3 is 1.51 bits per heavy atom. The van der Waals surface area contributed by atoms with Gasteiger partial charge in [-0.25, -0.2) is 4.79 Å². The third-order valence-corrected chi connectivity index (χ3v) is 4.32. The Morgan fingerprint density at radius 2 is 1.16 bits per heavy atom. The van der Waals surface area contributed by atoms with Gasteiger partial charge in [-0.05, 0) is 47.5 Å². The van der Waals surface area contributed by atoms with E-state index in [9.17, 15) is 24.6 Å². The Morgan fingerprint density at radius 1 is 0.757 bits per heavy atom. The van der Waals surface area contributed by atoms with Gasteiger partial charge in [-0.2, -0.15) is 0 Å².